The number of furan rings is 1. The van der Waals surface area contributed by atoms with E-state index in [2.05, 4.69) is 55.1 Å². The zero-order valence-electron chi connectivity index (χ0n) is 20.9. The van der Waals surface area contributed by atoms with Crippen molar-refractivity contribution in [3.8, 4) is 16.9 Å². The lowest BCUT2D eigenvalue weighted by molar-refractivity contribution is -0.385. The van der Waals surface area contributed by atoms with Crippen LogP contribution >= 0.6 is 0 Å². The number of nitro benzene ring substituents is 1. The number of phenolic OH excluding ortho intramolecular Hbond substituents is 1. The molecule has 4 aromatic rings. The van der Waals surface area contributed by atoms with Crippen LogP contribution in [0, 0.1) is 24.0 Å². The van der Waals surface area contributed by atoms with E-state index < -0.39 is 28.2 Å². The van der Waals surface area contributed by atoms with Crippen LogP contribution in [-0.4, -0.2) is 21.8 Å². The van der Waals surface area contributed by atoms with Crippen molar-refractivity contribution in [1.82, 2.24) is 10.9 Å². The zero-order valence-corrected chi connectivity index (χ0v) is 20.9. The molecule has 1 heterocycles. The zero-order chi connectivity index (χ0) is 27.4. The lowest BCUT2D eigenvalue weighted by Gasteiger charge is -2.17. The highest BCUT2D eigenvalue weighted by Gasteiger charge is 2.20. The molecule has 194 valence electrons. The predicted molar refractivity (Wildman–Crippen MR) is 142 cm³/mol. The Balaban J connectivity index is 1.41. The molecule has 10 heteroatoms. The Kier molecular flexibility index (Phi) is 7.43. The number of benzene rings is 3. The normalized spacial score (nSPS) is 11.4. The van der Waals surface area contributed by atoms with Crippen LogP contribution in [-0.2, 0) is 0 Å². The number of nitrogens with zero attached hydrogens (tertiary/aromatic N) is 1. The van der Waals surface area contributed by atoms with Gasteiger partial charge in [0.15, 0.2) is 5.75 Å². The van der Waals surface area contributed by atoms with Crippen LogP contribution < -0.4 is 16.2 Å². The summed E-state index contributed by atoms with van der Waals surface area (Å²) in [5, 5.41) is 24.0. The Hall–Kier alpha value is -5.12. The van der Waals surface area contributed by atoms with Gasteiger partial charge in [-0.3, -0.25) is 30.6 Å². The molecule has 0 unspecified atom stereocenters. The molecule has 4 rings (SSSR count). The van der Waals surface area contributed by atoms with Crippen molar-refractivity contribution in [3.05, 3.63) is 111 Å². The van der Waals surface area contributed by atoms with Crippen LogP contribution in [0.1, 0.15) is 50.6 Å². The summed E-state index contributed by atoms with van der Waals surface area (Å²) in [7, 11) is 0. The van der Waals surface area contributed by atoms with Gasteiger partial charge >= 0.3 is 11.6 Å². The third-order valence-corrected chi connectivity index (χ3v) is 6.21. The van der Waals surface area contributed by atoms with Gasteiger partial charge in [-0.25, -0.2) is 0 Å². The van der Waals surface area contributed by atoms with E-state index in [0.29, 0.717) is 5.56 Å². The van der Waals surface area contributed by atoms with Gasteiger partial charge in [0.05, 0.1) is 11.2 Å². The minimum atomic E-state index is -0.815. The lowest BCUT2D eigenvalue weighted by atomic mass is 10.0. The number of carbonyl (C=O) groups is 2. The van der Waals surface area contributed by atoms with E-state index in [1.54, 1.807) is 6.07 Å². The summed E-state index contributed by atoms with van der Waals surface area (Å²) in [5.74, 6) is -2.11. The van der Waals surface area contributed by atoms with Crippen molar-refractivity contribution in [1.29, 1.82) is 0 Å². The van der Waals surface area contributed by atoms with Gasteiger partial charge in [0.25, 0.3) is 5.91 Å². The third-order valence-electron chi connectivity index (χ3n) is 6.21. The third kappa shape index (κ3) is 5.65. The number of carbonyl (C=O) groups excluding carboxylic acids is 2. The molecule has 0 fully saturated rings. The minimum Gasteiger partial charge on any atom is -0.502 e. The van der Waals surface area contributed by atoms with Crippen molar-refractivity contribution in [2.75, 3.05) is 5.32 Å². The highest BCUT2D eigenvalue weighted by Crippen LogP contribution is 2.28. The quantitative estimate of drug-likeness (QED) is 0.190. The molecule has 0 saturated carbocycles. The summed E-state index contributed by atoms with van der Waals surface area (Å²) in [4.78, 5) is 35.2. The Morgan fingerprint density at radius 2 is 1.63 bits per heavy atom. The number of rotatable bonds is 7. The Labute approximate surface area is 218 Å². The number of aromatic hydroxyl groups is 1. The first-order valence-electron chi connectivity index (χ1n) is 11.7. The maximum Gasteiger partial charge on any atom is 0.311 e. The van der Waals surface area contributed by atoms with Crippen molar-refractivity contribution in [3.63, 3.8) is 0 Å². The Morgan fingerprint density at radius 1 is 0.921 bits per heavy atom. The van der Waals surface area contributed by atoms with E-state index in [9.17, 15) is 24.8 Å². The Morgan fingerprint density at radius 3 is 2.32 bits per heavy atom. The molecule has 38 heavy (non-hydrogen) atoms. The van der Waals surface area contributed by atoms with Crippen LogP contribution in [0.4, 0.5) is 11.4 Å². The molecule has 2 amide bonds. The highest BCUT2D eigenvalue weighted by atomic mass is 16.6. The fourth-order valence-electron chi connectivity index (χ4n) is 3.88. The molecular formula is C28H26N4O6. The molecule has 3 aromatic carbocycles. The molecule has 0 aliphatic heterocycles. The van der Waals surface area contributed by atoms with Gasteiger partial charge in [0, 0.05) is 28.9 Å². The molecule has 1 atom stereocenters. The predicted octanol–water partition coefficient (Wildman–Crippen LogP) is 5.43. The van der Waals surface area contributed by atoms with Gasteiger partial charge in [-0.1, -0.05) is 30.3 Å². The second-order valence-electron chi connectivity index (χ2n) is 8.82. The Bertz CT molecular complexity index is 1510. The molecule has 1 aromatic heterocycles. The number of aryl methyl sites for hydroxylation is 2. The van der Waals surface area contributed by atoms with Crippen LogP contribution in [0.25, 0.3) is 11.1 Å². The number of phenols is 1. The second kappa shape index (κ2) is 10.9. The van der Waals surface area contributed by atoms with Gasteiger partial charge in [-0.15, -0.1) is 0 Å². The molecule has 0 aliphatic carbocycles. The number of amides is 2. The molecule has 0 radical (unpaired) electrons. The summed E-state index contributed by atoms with van der Waals surface area (Å²) in [6, 6.07) is 18.7. The fourth-order valence-corrected chi connectivity index (χ4v) is 3.88. The summed E-state index contributed by atoms with van der Waals surface area (Å²) in [6.07, 6.45) is 1.36. The van der Waals surface area contributed by atoms with E-state index in [0.717, 1.165) is 23.4 Å². The van der Waals surface area contributed by atoms with E-state index in [4.69, 9.17) is 4.42 Å². The highest BCUT2D eigenvalue weighted by molar-refractivity contribution is 6.01. The number of hydrogen-bond donors (Lipinski definition) is 4. The van der Waals surface area contributed by atoms with Gasteiger partial charge in [-0.2, -0.15) is 0 Å². The van der Waals surface area contributed by atoms with E-state index in [1.807, 2.05) is 24.3 Å². The molecule has 0 spiro atoms. The summed E-state index contributed by atoms with van der Waals surface area (Å²) in [5.41, 5.74) is 9.50. The van der Waals surface area contributed by atoms with Crippen molar-refractivity contribution >= 4 is 23.2 Å². The monoisotopic (exact) mass is 514 g/mol. The maximum atomic E-state index is 12.7. The second-order valence-corrected chi connectivity index (χ2v) is 8.82. The lowest BCUT2D eigenvalue weighted by Crippen LogP contribution is -2.41. The fraction of sp³-hybridized carbons (Fsp3) is 0.143. The first-order chi connectivity index (χ1) is 18.1. The molecule has 4 N–H and O–H groups in total. The van der Waals surface area contributed by atoms with E-state index in [-0.39, 0.29) is 17.4 Å². The smallest absolute Gasteiger partial charge is 0.311 e. The summed E-state index contributed by atoms with van der Waals surface area (Å²) >= 11 is 0. The van der Waals surface area contributed by atoms with Gasteiger partial charge < -0.3 is 14.8 Å². The standard InChI is InChI=1S/C28H26N4O6/c1-16-4-5-20(14-17(16)2)18(3)29-22-9-6-19(7-10-22)23-12-13-38-26(23)28(35)31-30-27(34)21-8-11-25(33)24(15-21)32(36)37/h4-15,18,29,33H,1-3H3,(H,30,34)(H,31,35)/t18-/m0/s1. The van der Waals surface area contributed by atoms with E-state index >= 15 is 0 Å². The van der Waals surface area contributed by atoms with Crippen LogP contribution in [0.3, 0.4) is 0 Å². The molecular weight excluding hydrogens is 488 g/mol. The number of hydrogen-bond acceptors (Lipinski definition) is 7. The van der Waals surface area contributed by atoms with Gasteiger partial charge in [0.2, 0.25) is 5.76 Å². The number of nitrogens with one attached hydrogen (secondary N) is 3. The molecule has 0 saturated heterocycles. The SMILES string of the molecule is Cc1ccc([C@H](C)Nc2ccc(-c3ccoc3C(=O)NNC(=O)c3ccc(O)c([N+](=O)[O-])c3)cc2)cc1C. The number of anilines is 1. The number of hydrazine groups is 1. The molecule has 0 bridgehead atoms. The average Bonchev–Trinajstić information content (AvgIpc) is 3.39. The minimum absolute atomic E-state index is 0.0220. The molecule has 10 nitrogen and oxygen atoms in total. The van der Waals surface area contributed by atoms with E-state index in [1.165, 1.54) is 29.0 Å². The topological polar surface area (TPSA) is 147 Å². The van der Waals surface area contributed by atoms with Crippen LogP contribution in [0.15, 0.2) is 77.4 Å². The molecule has 0 aliphatic rings. The summed E-state index contributed by atoms with van der Waals surface area (Å²) < 4.78 is 5.36. The average molecular weight is 515 g/mol. The van der Waals surface area contributed by atoms with Crippen molar-refractivity contribution in [2.24, 2.45) is 0 Å². The first kappa shape index (κ1) is 26.0. The van der Waals surface area contributed by atoms with Crippen LogP contribution in [0.2, 0.25) is 0 Å². The van der Waals surface area contributed by atoms with Crippen LogP contribution in [0.5, 0.6) is 5.75 Å². The largest absolute Gasteiger partial charge is 0.502 e. The first-order valence-corrected chi connectivity index (χ1v) is 11.7. The van der Waals surface area contributed by atoms with Crippen molar-refractivity contribution < 1.29 is 24.0 Å². The number of nitro groups is 1. The van der Waals surface area contributed by atoms with Gasteiger partial charge in [0.1, 0.15) is 0 Å². The van der Waals surface area contributed by atoms with Gasteiger partial charge in [-0.05, 0) is 73.4 Å². The van der Waals surface area contributed by atoms with Crippen molar-refractivity contribution in [2.45, 2.75) is 26.8 Å². The summed E-state index contributed by atoms with van der Waals surface area (Å²) in [6.45, 7) is 6.25. The maximum absolute atomic E-state index is 12.7.